The van der Waals surface area contributed by atoms with Crippen molar-refractivity contribution >= 4 is 18.7 Å². The first-order chi connectivity index (χ1) is 5.70. The van der Waals surface area contributed by atoms with Crippen LogP contribution in [0, 0.1) is 0 Å². The zero-order chi connectivity index (χ0) is 10.3. The van der Waals surface area contributed by atoms with Gasteiger partial charge in [0, 0.05) is 17.8 Å². The summed E-state index contributed by atoms with van der Waals surface area (Å²) < 4.78 is 5.16. The lowest BCUT2D eigenvalue weighted by Gasteiger charge is -2.44. The van der Waals surface area contributed by atoms with Gasteiger partial charge in [-0.3, -0.25) is 0 Å². The predicted molar refractivity (Wildman–Crippen MR) is 55.2 cm³/mol. The Balaban J connectivity index is 2.36. The highest BCUT2D eigenvalue weighted by Crippen LogP contribution is 2.28. The molecule has 1 saturated heterocycles. The van der Waals surface area contributed by atoms with Crippen molar-refractivity contribution in [1.29, 1.82) is 0 Å². The van der Waals surface area contributed by atoms with E-state index in [2.05, 4.69) is 12.6 Å². The van der Waals surface area contributed by atoms with E-state index in [4.69, 9.17) is 4.74 Å². The lowest BCUT2D eigenvalue weighted by Crippen LogP contribution is -2.59. The van der Waals surface area contributed by atoms with Crippen LogP contribution in [0.1, 0.15) is 27.7 Å². The standard InChI is InChI=1S/C9H17NO2S/c1-8(2,3)12-7(11)10-5-9(4,13)6-10/h13H,5-6H2,1-4H3. The highest BCUT2D eigenvalue weighted by Gasteiger charge is 2.40. The van der Waals surface area contributed by atoms with Gasteiger partial charge in [0.25, 0.3) is 0 Å². The van der Waals surface area contributed by atoms with Crippen LogP contribution in [-0.2, 0) is 4.74 Å². The van der Waals surface area contributed by atoms with Gasteiger partial charge in [-0.05, 0) is 27.7 Å². The van der Waals surface area contributed by atoms with E-state index in [9.17, 15) is 4.79 Å². The van der Waals surface area contributed by atoms with E-state index >= 15 is 0 Å². The highest BCUT2D eigenvalue weighted by molar-refractivity contribution is 7.82. The molecule has 1 heterocycles. The van der Waals surface area contributed by atoms with E-state index in [-0.39, 0.29) is 10.8 Å². The Bertz CT molecular complexity index is 212. The Morgan fingerprint density at radius 3 is 2.23 bits per heavy atom. The van der Waals surface area contributed by atoms with Crippen LogP contribution in [0.3, 0.4) is 0 Å². The summed E-state index contributed by atoms with van der Waals surface area (Å²) in [6, 6.07) is 0. The third kappa shape index (κ3) is 3.10. The molecular weight excluding hydrogens is 186 g/mol. The number of hydrogen-bond donors (Lipinski definition) is 1. The summed E-state index contributed by atoms with van der Waals surface area (Å²) in [7, 11) is 0. The summed E-state index contributed by atoms with van der Waals surface area (Å²) in [5.41, 5.74) is -0.403. The Kier molecular flexibility index (Phi) is 2.54. The molecule has 0 bridgehead atoms. The fraction of sp³-hybridized carbons (Fsp3) is 0.889. The van der Waals surface area contributed by atoms with E-state index in [1.54, 1.807) is 4.90 Å². The molecule has 1 amide bonds. The van der Waals surface area contributed by atoms with Crippen LogP contribution in [-0.4, -0.2) is 34.4 Å². The molecule has 0 atom stereocenters. The Morgan fingerprint density at radius 2 is 1.92 bits per heavy atom. The number of amides is 1. The minimum Gasteiger partial charge on any atom is -0.444 e. The molecule has 1 aliphatic rings. The van der Waals surface area contributed by atoms with Crippen LogP contribution in [0.2, 0.25) is 0 Å². The van der Waals surface area contributed by atoms with Crippen molar-refractivity contribution in [2.24, 2.45) is 0 Å². The maximum Gasteiger partial charge on any atom is 0.410 e. The number of ether oxygens (including phenoxy) is 1. The van der Waals surface area contributed by atoms with Crippen molar-refractivity contribution in [2.75, 3.05) is 13.1 Å². The number of thiol groups is 1. The van der Waals surface area contributed by atoms with Crippen LogP contribution in [0.5, 0.6) is 0 Å². The van der Waals surface area contributed by atoms with Crippen LogP contribution in [0.15, 0.2) is 0 Å². The van der Waals surface area contributed by atoms with E-state index < -0.39 is 5.60 Å². The number of nitrogens with zero attached hydrogens (tertiary/aromatic N) is 1. The van der Waals surface area contributed by atoms with Crippen LogP contribution in [0.4, 0.5) is 4.79 Å². The molecule has 4 heteroatoms. The third-order valence-corrected chi connectivity index (χ3v) is 2.00. The zero-order valence-electron chi connectivity index (χ0n) is 8.63. The lowest BCUT2D eigenvalue weighted by atomic mass is 10.0. The van der Waals surface area contributed by atoms with Crippen molar-refractivity contribution in [2.45, 2.75) is 38.0 Å². The molecule has 0 aromatic carbocycles. The quantitative estimate of drug-likeness (QED) is 0.610. The first kappa shape index (κ1) is 10.7. The van der Waals surface area contributed by atoms with Gasteiger partial charge in [-0.2, -0.15) is 12.6 Å². The Morgan fingerprint density at radius 1 is 1.46 bits per heavy atom. The van der Waals surface area contributed by atoms with Crippen molar-refractivity contribution in [1.82, 2.24) is 4.90 Å². The smallest absolute Gasteiger partial charge is 0.410 e. The van der Waals surface area contributed by atoms with Gasteiger partial charge in [0.05, 0.1) is 0 Å². The number of rotatable bonds is 0. The largest absolute Gasteiger partial charge is 0.444 e. The summed E-state index contributed by atoms with van der Waals surface area (Å²) in [5, 5.41) is 0. The maximum atomic E-state index is 11.4. The second-order valence-electron chi connectivity index (χ2n) is 4.83. The molecule has 0 spiro atoms. The van der Waals surface area contributed by atoms with Crippen molar-refractivity contribution < 1.29 is 9.53 Å². The second-order valence-corrected chi connectivity index (χ2v) is 5.91. The molecule has 3 nitrogen and oxygen atoms in total. The Labute approximate surface area is 84.8 Å². The first-order valence-electron chi connectivity index (χ1n) is 4.40. The normalized spacial score (nSPS) is 20.8. The first-order valence-corrected chi connectivity index (χ1v) is 4.85. The van der Waals surface area contributed by atoms with Crippen LogP contribution in [0.25, 0.3) is 0 Å². The predicted octanol–water partition coefficient (Wildman–Crippen LogP) is 1.93. The summed E-state index contributed by atoms with van der Waals surface area (Å²) in [5.74, 6) is 0. The summed E-state index contributed by atoms with van der Waals surface area (Å²) in [6.07, 6.45) is -0.237. The fourth-order valence-corrected chi connectivity index (χ4v) is 1.57. The fourth-order valence-electron chi connectivity index (χ4n) is 1.23. The lowest BCUT2D eigenvalue weighted by molar-refractivity contribution is 0.00664. The average Bonchev–Trinajstić information content (AvgIpc) is 1.77. The number of likely N-dealkylation sites (tertiary alicyclic amines) is 1. The molecule has 13 heavy (non-hydrogen) atoms. The van der Waals surface area contributed by atoms with Gasteiger partial charge in [0.15, 0.2) is 0 Å². The molecule has 0 aromatic rings. The van der Waals surface area contributed by atoms with Crippen LogP contribution >= 0.6 is 12.6 Å². The average molecular weight is 203 g/mol. The van der Waals surface area contributed by atoms with Gasteiger partial charge >= 0.3 is 6.09 Å². The monoisotopic (exact) mass is 203 g/mol. The molecule has 1 fully saturated rings. The van der Waals surface area contributed by atoms with E-state index in [0.29, 0.717) is 13.1 Å². The van der Waals surface area contributed by atoms with E-state index in [0.717, 1.165) is 0 Å². The number of carbonyl (C=O) groups excluding carboxylic acids is 1. The van der Waals surface area contributed by atoms with Crippen LogP contribution < -0.4 is 0 Å². The molecule has 0 aromatic heterocycles. The molecule has 1 aliphatic heterocycles. The van der Waals surface area contributed by atoms with E-state index in [1.807, 2.05) is 27.7 Å². The third-order valence-electron chi connectivity index (χ3n) is 1.71. The van der Waals surface area contributed by atoms with Gasteiger partial charge in [-0.15, -0.1) is 0 Å². The molecule has 0 radical (unpaired) electrons. The molecule has 0 aliphatic carbocycles. The van der Waals surface area contributed by atoms with Crippen molar-refractivity contribution in [3.05, 3.63) is 0 Å². The van der Waals surface area contributed by atoms with Gasteiger partial charge in [0.1, 0.15) is 5.60 Å². The molecular formula is C9H17NO2S. The zero-order valence-corrected chi connectivity index (χ0v) is 9.52. The molecule has 0 N–H and O–H groups in total. The minimum atomic E-state index is -0.403. The Hall–Kier alpha value is -0.380. The second kappa shape index (κ2) is 3.08. The summed E-state index contributed by atoms with van der Waals surface area (Å²) >= 11 is 4.36. The van der Waals surface area contributed by atoms with Crippen molar-refractivity contribution in [3.8, 4) is 0 Å². The van der Waals surface area contributed by atoms with E-state index in [1.165, 1.54) is 0 Å². The summed E-state index contributed by atoms with van der Waals surface area (Å²) in [6.45, 7) is 8.95. The van der Waals surface area contributed by atoms with Gasteiger partial charge in [-0.25, -0.2) is 4.79 Å². The van der Waals surface area contributed by atoms with Gasteiger partial charge in [-0.1, -0.05) is 0 Å². The minimum absolute atomic E-state index is 0.0308. The molecule has 0 saturated carbocycles. The van der Waals surface area contributed by atoms with Gasteiger partial charge < -0.3 is 9.64 Å². The SMILES string of the molecule is CC1(S)CN(C(=O)OC(C)(C)C)C1. The molecule has 76 valence electrons. The van der Waals surface area contributed by atoms with Gasteiger partial charge in [0.2, 0.25) is 0 Å². The summed E-state index contributed by atoms with van der Waals surface area (Å²) in [4.78, 5) is 13.1. The molecule has 0 unspecified atom stereocenters. The maximum absolute atomic E-state index is 11.4. The molecule has 1 rings (SSSR count). The number of carbonyl (C=O) groups is 1. The topological polar surface area (TPSA) is 29.5 Å². The number of hydrogen-bond acceptors (Lipinski definition) is 3. The highest BCUT2D eigenvalue weighted by atomic mass is 32.1. The van der Waals surface area contributed by atoms with Crippen molar-refractivity contribution in [3.63, 3.8) is 0 Å².